The maximum Gasteiger partial charge on any atom is 0.472 e. The number of allylic oxidation sites excluding steroid dienone is 6. The van der Waals surface area contributed by atoms with Gasteiger partial charge in [-0.15, -0.1) is 0 Å². The van der Waals surface area contributed by atoms with Crippen molar-refractivity contribution in [2.75, 3.05) is 54.1 Å². The summed E-state index contributed by atoms with van der Waals surface area (Å²) in [6, 6.07) is 0. The molecule has 0 saturated heterocycles. The van der Waals surface area contributed by atoms with Crippen LogP contribution in [-0.2, 0) is 27.9 Å². The predicted octanol–water partition coefficient (Wildman–Crippen LogP) is 18.1. The Morgan fingerprint density at radius 1 is 0.463 bits per heavy atom. The van der Waals surface area contributed by atoms with Gasteiger partial charge in [-0.25, -0.2) is 4.57 Å². The summed E-state index contributed by atoms with van der Waals surface area (Å²) < 4.78 is 35.3. The minimum Gasteiger partial charge on any atom is -0.457 e. The number of esters is 1. The minimum absolute atomic E-state index is 0.0885. The van der Waals surface area contributed by atoms with Crippen molar-refractivity contribution in [3.8, 4) is 0 Å². The van der Waals surface area contributed by atoms with Crippen molar-refractivity contribution >= 4 is 13.8 Å². The van der Waals surface area contributed by atoms with E-state index in [9.17, 15) is 14.3 Å². The fourth-order valence-electron chi connectivity index (χ4n) is 8.23. The standard InChI is InChI=1S/C58H112NO7P/c1-6-8-10-12-14-16-18-20-22-24-26-28-29-30-32-34-36-38-40-42-44-46-48-50-53-63-55-57(56-65-67(61,62)64-54-52-59(3,4)5)66-58(60)51-49-47-45-43-41-39-37-35-33-31-27-25-23-21-19-17-15-13-11-9-7-2/h19,21,24-27,57H,6-18,20,22-23,28-56H2,1-5H3/p+1/b21-19-,26-24-,27-25-. The molecule has 9 heteroatoms. The summed E-state index contributed by atoms with van der Waals surface area (Å²) in [7, 11) is 1.67. The van der Waals surface area contributed by atoms with Gasteiger partial charge in [0.25, 0.3) is 0 Å². The van der Waals surface area contributed by atoms with E-state index in [1.54, 1.807) is 0 Å². The number of carbonyl (C=O) groups is 1. The molecule has 0 aromatic carbocycles. The highest BCUT2D eigenvalue weighted by Gasteiger charge is 2.26. The SMILES string of the molecule is CCCCCCC/C=C\C/C=C\CCCCCCCCCCCC(=O)OC(COCCCCCCCCCCCCCC/C=C\CCCCCCCCCC)COP(=O)(O)OCC[N+](C)(C)C. The van der Waals surface area contributed by atoms with Crippen molar-refractivity contribution in [1.82, 2.24) is 0 Å². The first-order valence-corrected chi connectivity index (χ1v) is 30.2. The number of hydrogen-bond donors (Lipinski definition) is 1. The van der Waals surface area contributed by atoms with Crippen LogP contribution in [0.5, 0.6) is 0 Å². The van der Waals surface area contributed by atoms with Gasteiger partial charge in [0.15, 0.2) is 0 Å². The molecule has 2 unspecified atom stereocenters. The van der Waals surface area contributed by atoms with Crippen LogP contribution in [0.25, 0.3) is 0 Å². The van der Waals surface area contributed by atoms with E-state index < -0.39 is 13.9 Å². The lowest BCUT2D eigenvalue weighted by molar-refractivity contribution is -0.870. The molecule has 0 aromatic rings. The number of likely N-dealkylation sites (N-methyl/N-ethyl adjacent to an activating group) is 1. The van der Waals surface area contributed by atoms with Crippen LogP contribution in [0.2, 0.25) is 0 Å². The maximum atomic E-state index is 12.8. The van der Waals surface area contributed by atoms with Crippen molar-refractivity contribution in [1.29, 1.82) is 0 Å². The molecule has 0 amide bonds. The quantitative estimate of drug-likeness (QED) is 0.0213. The molecule has 0 radical (unpaired) electrons. The minimum atomic E-state index is -4.28. The first kappa shape index (κ1) is 65.7. The third kappa shape index (κ3) is 55.5. The molecule has 396 valence electrons. The Hall–Kier alpha value is -1.28. The van der Waals surface area contributed by atoms with Gasteiger partial charge in [0.05, 0.1) is 34.4 Å². The summed E-state index contributed by atoms with van der Waals surface area (Å²) in [5.41, 5.74) is 0. The van der Waals surface area contributed by atoms with Crippen LogP contribution < -0.4 is 0 Å². The van der Waals surface area contributed by atoms with E-state index in [4.69, 9.17) is 18.5 Å². The normalized spacial score (nSPS) is 13.7. The zero-order chi connectivity index (χ0) is 49.0. The van der Waals surface area contributed by atoms with Crippen LogP contribution in [0.15, 0.2) is 36.5 Å². The molecular weight excluding hydrogens is 854 g/mol. The van der Waals surface area contributed by atoms with Gasteiger partial charge < -0.3 is 18.9 Å². The largest absolute Gasteiger partial charge is 0.472 e. The fourth-order valence-corrected chi connectivity index (χ4v) is 8.97. The Morgan fingerprint density at radius 2 is 0.821 bits per heavy atom. The summed E-state index contributed by atoms with van der Waals surface area (Å²) in [4.78, 5) is 23.1. The molecule has 0 aliphatic carbocycles. The topological polar surface area (TPSA) is 91.3 Å². The van der Waals surface area contributed by atoms with E-state index in [1.165, 1.54) is 212 Å². The first-order valence-electron chi connectivity index (χ1n) is 28.7. The number of quaternary nitrogens is 1. The lowest BCUT2D eigenvalue weighted by Crippen LogP contribution is -2.37. The molecule has 0 rings (SSSR count). The molecule has 0 aliphatic heterocycles. The lowest BCUT2D eigenvalue weighted by atomic mass is 10.0. The smallest absolute Gasteiger partial charge is 0.457 e. The van der Waals surface area contributed by atoms with Crippen molar-refractivity contribution in [3.63, 3.8) is 0 Å². The Kier molecular flexibility index (Phi) is 50.1. The molecule has 2 atom stereocenters. The zero-order valence-corrected chi connectivity index (χ0v) is 46.0. The molecular formula is C58H113NO7P+. The average molecular weight is 968 g/mol. The molecule has 0 fully saturated rings. The lowest BCUT2D eigenvalue weighted by Gasteiger charge is -2.24. The third-order valence-corrected chi connectivity index (χ3v) is 13.7. The van der Waals surface area contributed by atoms with Gasteiger partial charge in [-0.3, -0.25) is 13.8 Å². The fraction of sp³-hybridized carbons (Fsp3) is 0.879. The van der Waals surface area contributed by atoms with Gasteiger partial charge in [0.1, 0.15) is 19.3 Å². The first-order chi connectivity index (χ1) is 32.6. The monoisotopic (exact) mass is 967 g/mol. The maximum absolute atomic E-state index is 12.8. The number of phosphoric ester groups is 1. The van der Waals surface area contributed by atoms with E-state index in [2.05, 4.69) is 50.3 Å². The molecule has 0 aromatic heterocycles. The van der Waals surface area contributed by atoms with Crippen LogP contribution >= 0.6 is 7.82 Å². The average Bonchev–Trinajstić information content (AvgIpc) is 3.29. The molecule has 0 heterocycles. The van der Waals surface area contributed by atoms with Gasteiger partial charge in [0, 0.05) is 13.0 Å². The number of hydrogen-bond acceptors (Lipinski definition) is 6. The second kappa shape index (κ2) is 51.1. The summed E-state index contributed by atoms with van der Waals surface area (Å²) in [6.07, 6.45) is 63.5. The Balaban J connectivity index is 4.07. The highest BCUT2D eigenvalue weighted by Crippen LogP contribution is 2.43. The molecule has 0 spiro atoms. The second-order valence-electron chi connectivity index (χ2n) is 20.7. The number of unbranched alkanes of at least 4 members (excludes halogenated alkanes) is 34. The Morgan fingerprint density at radius 3 is 1.22 bits per heavy atom. The molecule has 8 nitrogen and oxygen atoms in total. The predicted molar refractivity (Wildman–Crippen MR) is 289 cm³/mol. The number of rotatable bonds is 54. The van der Waals surface area contributed by atoms with Crippen molar-refractivity contribution in [2.45, 2.75) is 277 Å². The van der Waals surface area contributed by atoms with Crippen molar-refractivity contribution in [3.05, 3.63) is 36.5 Å². The molecule has 0 aliphatic rings. The zero-order valence-electron chi connectivity index (χ0n) is 45.2. The van der Waals surface area contributed by atoms with Gasteiger partial charge in [-0.05, 0) is 70.6 Å². The van der Waals surface area contributed by atoms with Gasteiger partial charge in [0.2, 0.25) is 0 Å². The van der Waals surface area contributed by atoms with Crippen LogP contribution in [-0.4, -0.2) is 75.6 Å². The van der Waals surface area contributed by atoms with E-state index in [0.29, 0.717) is 24.1 Å². The highest BCUT2D eigenvalue weighted by atomic mass is 31.2. The summed E-state index contributed by atoms with van der Waals surface area (Å²) in [6.45, 7) is 5.65. The molecule has 0 saturated carbocycles. The molecule has 67 heavy (non-hydrogen) atoms. The number of ether oxygens (including phenoxy) is 2. The van der Waals surface area contributed by atoms with Crippen molar-refractivity contribution < 1.29 is 37.3 Å². The summed E-state index contributed by atoms with van der Waals surface area (Å²) >= 11 is 0. The van der Waals surface area contributed by atoms with E-state index >= 15 is 0 Å². The molecule has 1 N–H and O–H groups in total. The Labute approximate surface area is 416 Å². The van der Waals surface area contributed by atoms with Gasteiger partial charge >= 0.3 is 13.8 Å². The third-order valence-electron chi connectivity index (χ3n) is 12.7. The van der Waals surface area contributed by atoms with Crippen LogP contribution in [0.3, 0.4) is 0 Å². The summed E-state index contributed by atoms with van der Waals surface area (Å²) in [5.74, 6) is -0.314. The number of nitrogens with zero attached hydrogens (tertiary/aromatic N) is 1. The van der Waals surface area contributed by atoms with Crippen LogP contribution in [0, 0.1) is 0 Å². The van der Waals surface area contributed by atoms with E-state index in [-0.39, 0.29) is 25.8 Å². The van der Waals surface area contributed by atoms with Crippen LogP contribution in [0.1, 0.15) is 271 Å². The number of carbonyl (C=O) groups excluding carboxylic acids is 1. The van der Waals surface area contributed by atoms with E-state index in [1.807, 2.05) is 21.1 Å². The number of phosphoric acid groups is 1. The van der Waals surface area contributed by atoms with E-state index in [0.717, 1.165) is 38.5 Å². The van der Waals surface area contributed by atoms with Gasteiger partial charge in [-0.1, -0.05) is 230 Å². The van der Waals surface area contributed by atoms with Crippen molar-refractivity contribution in [2.24, 2.45) is 0 Å². The van der Waals surface area contributed by atoms with Crippen LogP contribution in [0.4, 0.5) is 0 Å². The Bertz CT molecular complexity index is 1170. The van der Waals surface area contributed by atoms with Gasteiger partial charge in [-0.2, -0.15) is 0 Å². The molecule has 0 bridgehead atoms. The second-order valence-corrected chi connectivity index (χ2v) is 22.1. The summed E-state index contributed by atoms with van der Waals surface area (Å²) in [5, 5.41) is 0. The highest BCUT2D eigenvalue weighted by molar-refractivity contribution is 7.47.